The number of ketones is 1. The summed E-state index contributed by atoms with van der Waals surface area (Å²) in [7, 11) is 0. The number of benzene rings is 1. The summed E-state index contributed by atoms with van der Waals surface area (Å²) in [5, 5.41) is 0. The van der Waals surface area contributed by atoms with Crippen molar-refractivity contribution < 1.29 is 38.1 Å². The first-order valence-corrected chi connectivity index (χ1v) is 10.2. The van der Waals surface area contributed by atoms with Crippen molar-refractivity contribution in [1.29, 1.82) is 0 Å². The van der Waals surface area contributed by atoms with Gasteiger partial charge in [-0.2, -0.15) is 0 Å². The Morgan fingerprint density at radius 3 is 2.63 bits per heavy atom. The van der Waals surface area contributed by atoms with E-state index in [4.69, 9.17) is 23.7 Å². The van der Waals surface area contributed by atoms with E-state index in [9.17, 15) is 14.4 Å². The highest BCUT2D eigenvalue weighted by atomic mass is 16.7. The summed E-state index contributed by atoms with van der Waals surface area (Å²) in [6.07, 6.45) is -2.61. The first-order valence-electron chi connectivity index (χ1n) is 10.2. The van der Waals surface area contributed by atoms with Crippen molar-refractivity contribution in [2.45, 2.75) is 56.6 Å². The summed E-state index contributed by atoms with van der Waals surface area (Å²) < 4.78 is 29.6. The number of hydrogen-bond donors (Lipinski definition) is 0. The Labute approximate surface area is 172 Å². The molecule has 0 unspecified atom stereocenters. The van der Waals surface area contributed by atoms with Crippen molar-refractivity contribution in [3.05, 3.63) is 35.9 Å². The largest absolute Gasteiger partial charge is 0.458 e. The summed E-state index contributed by atoms with van der Waals surface area (Å²) in [5.74, 6) is -2.68. The van der Waals surface area contributed by atoms with Crippen molar-refractivity contribution in [2.75, 3.05) is 6.61 Å². The lowest BCUT2D eigenvalue weighted by Gasteiger charge is -2.60. The van der Waals surface area contributed by atoms with Crippen LogP contribution in [0.1, 0.15) is 25.8 Å². The molecule has 8 atom stereocenters. The molecule has 30 heavy (non-hydrogen) atoms. The minimum atomic E-state index is -1.42. The summed E-state index contributed by atoms with van der Waals surface area (Å²) in [6.45, 7) is 3.77. The second kappa shape index (κ2) is 5.69. The molecule has 158 valence electrons. The highest BCUT2D eigenvalue weighted by Gasteiger charge is 2.86. The van der Waals surface area contributed by atoms with E-state index in [1.165, 1.54) is 0 Å². The number of carbonyl (C=O) groups is 3. The zero-order chi connectivity index (χ0) is 20.9. The monoisotopic (exact) mass is 414 g/mol. The van der Waals surface area contributed by atoms with Gasteiger partial charge in [0.05, 0.1) is 25.0 Å². The predicted octanol–water partition coefficient (Wildman–Crippen LogP) is 1.15. The smallest absolute Gasteiger partial charge is 0.339 e. The van der Waals surface area contributed by atoms with E-state index in [-0.39, 0.29) is 19.0 Å². The number of rotatable bonds is 3. The third-order valence-corrected chi connectivity index (χ3v) is 7.85. The zero-order valence-electron chi connectivity index (χ0n) is 16.7. The molecule has 4 aliphatic heterocycles. The minimum Gasteiger partial charge on any atom is -0.458 e. The Morgan fingerprint density at radius 1 is 1.10 bits per heavy atom. The molecular weight excluding hydrogens is 392 g/mol. The second-order valence-electron chi connectivity index (χ2n) is 9.30. The SMILES string of the molecule is C[C@@]12C[C@H]3OC(=O)[C@@H]1CO[C@@H]1O[C@@]4([C@H](OCc5ccccc5)C(=O)O[C@@]34C)[C@H]2C1=O. The van der Waals surface area contributed by atoms with Gasteiger partial charge in [-0.15, -0.1) is 0 Å². The number of ether oxygens (including phenoxy) is 5. The van der Waals surface area contributed by atoms with E-state index in [1.54, 1.807) is 6.92 Å². The number of esters is 2. The fourth-order valence-corrected chi connectivity index (χ4v) is 6.38. The molecule has 6 rings (SSSR count). The normalized spacial score (nSPS) is 48.2. The molecule has 4 bridgehead atoms. The molecule has 0 aromatic heterocycles. The lowest BCUT2D eigenvalue weighted by molar-refractivity contribution is -0.319. The molecule has 1 aromatic rings. The van der Waals surface area contributed by atoms with E-state index in [0.29, 0.717) is 6.42 Å². The second-order valence-corrected chi connectivity index (χ2v) is 9.30. The van der Waals surface area contributed by atoms with Gasteiger partial charge in [-0.3, -0.25) is 9.59 Å². The lowest BCUT2D eigenvalue weighted by Crippen LogP contribution is -2.75. The number of carbonyl (C=O) groups excluding carboxylic acids is 3. The molecular formula is C22H22O8. The fourth-order valence-electron chi connectivity index (χ4n) is 6.38. The summed E-state index contributed by atoms with van der Waals surface area (Å²) in [4.78, 5) is 39.2. The average molecular weight is 414 g/mol. The van der Waals surface area contributed by atoms with Gasteiger partial charge in [0, 0.05) is 0 Å². The van der Waals surface area contributed by atoms with Crippen LogP contribution in [0.2, 0.25) is 0 Å². The van der Waals surface area contributed by atoms with E-state index in [2.05, 4.69) is 0 Å². The van der Waals surface area contributed by atoms with E-state index in [1.807, 2.05) is 37.3 Å². The van der Waals surface area contributed by atoms with Gasteiger partial charge >= 0.3 is 11.9 Å². The standard InChI is InChI=1S/C22H22O8/c1-20-8-13-21(2)22(16(18(25)29-21)26-9-11-6-4-3-5-7-11)15(20)14(23)19(30-22)27-10-12(20)17(24)28-13/h3-7,12-13,15-16,19H,8-10H2,1-2H3/t12-,13+,15-,16+,19+,20+,21-,22+/m0/s1. The van der Waals surface area contributed by atoms with Gasteiger partial charge in [0.2, 0.25) is 6.29 Å². The van der Waals surface area contributed by atoms with Crippen LogP contribution in [0.4, 0.5) is 0 Å². The first kappa shape index (κ1) is 18.5. The Hall–Kier alpha value is -2.29. The highest BCUT2D eigenvalue weighted by Crippen LogP contribution is 2.68. The van der Waals surface area contributed by atoms with Crippen LogP contribution in [0.3, 0.4) is 0 Å². The van der Waals surface area contributed by atoms with Gasteiger partial charge in [-0.05, 0) is 24.3 Å². The van der Waals surface area contributed by atoms with Crippen molar-refractivity contribution in [3.8, 4) is 0 Å². The summed E-state index contributed by atoms with van der Waals surface area (Å²) >= 11 is 0. The molecule has 4 heterocycles. The lowest BCUT2D eigenvalue weighted by atomic mass is 9.49. The molecule has 0 amide bonds. The van der Waals surface area contributed by atoms with E-state index < -0.39 is 58.9 Å². The van der Waals surface area contributed by atoms with Crippen molar-refractivity contribution in [3.63, 3.8) is 0 Å². The Bertz CT molecular complexity index is 961. The molecule has 5 fully saturated rings. The van der Waals surface area contributed by atoms with Crippen LogP contribution in [0, 0.1) is 17.3 Å². The quantitative estimate of drug-likeness (QED) is 0.680. The summed E-state index contributed by atoms with van der Waals surface area (Å²) in [6, 6.07) is 9.43. The van der Waals surface area contributed by atoms with Crippen LogP contribution in [0.25, 0.3) is 0 Å². The number of hydrogen-bond acceptors (Lipinski definition) is 8. The zero-order valence-corrected chi connectivity index (χ0v) is 16.7. The third kappa shape index (κ3) is 1.95. The van der Waals surface area contributed by atoms with Crippen LogP contribution in [0.5, 0.6) is 0 Å². The van der Waals surface area contributed by atoms with Crippen LogP contribution >= 0.6 is 0 Å². The number of Topliss-reactive ketones (excluding diaryl/α,β-unsaturated/α-hetero) is 1. The maximum absolute atomic E-state index is 13.4. The molecule has 4 saturated heterocycles. The van der Waals surface area contributed by atoms with Crippen LogP contribution < -0.4 is 0 Å². The topological polar surface area (TPSA) is 97.4 Å². The third-order valence-electron chi connectivity index (χ3n) is 7.85. The van der Waals surface area contributed by atoms with Crippen molar-refractivity contribution in [1.82, 2.24) is 0 Å². The minimum absolute atomic E-state index is 0.0477. The average Bonchev–Trinajstić information content (AvgIpc) is 3.07. The Morgan fingerprint density at radius 2 is 1.87 bits per heavy atom. The Balaban J connectivity index is 1.49. The molecule has 5 aliphatic rings. The van der Waals surface area contributed by atoms with Gasteiger partial charge in [-0.25, -0.2) is 4.79 Å². The summed E-state index contributed by atoms with van der Waals surface area (Å²) in [5.41, 5.74) is -2.66. The highest BCUT2D eigenvalue weighted by molar-refractivity contribution is 5.94. The van der Waals surface area contributed by atoms with Crippen molar-refractivity contribution in [2.24, 2.45) is 17.3 Å². The molecule has 0 radical (unpaired) electrons. The van der Waals surface area contributed by atoms with Gasteiger partial charge < -0.3 is 23.7 Å². The van der Waals surface area contributed by atoms with E-state index in [0.717, 1.165) is 5.56 Å². The molecule has 1 saturated carbocycles. The molecule has 8 heteroatoms. The van der Waals surface area contributed by atoms with Gasteiger partial charge in [0.25, 0.3) is 0 Å². The molecule has 8 nitrogen and oxygen atoms in total. The van der Waals surface area contributed by atoms with Gasteiger partial charge in [0.1, 0.15) is 6.10 Å². The fraction of sp³-hybridized carbons (Fsp3) is 0.591. The molecule has 0 N–H and O–H groups in total. The van der Waals surface area contributed by atoms with Crippen LogP contribution in [0.15, 0.2) is 30.3 Å². The van der Waals surface area contributed by atoms with Crippen molar-refractivity contribution >= 4 is 17.7 Å². The van der Waals surface area contributed by atoms with E-state index >= 15 is 0 Å². The molecule has 1 aromatic carbocycles. The molecule has 1 aliphatic carbocycles. The predicted molar refractivity (Wildman–Crippen MR) is 97.7 cm³/mol. The maximum atomic E-state index is 13.4. The molecule has 1 spiro atoms. The maximum Gasteiger partial charge on any atom is 0.339 e. The van der Waals surface area contributed by atoms with Gasteiger partial charge in [-0.1, -0.05) is 37.3 Å². The first-order chi connectivity index (χ1) is 14.3. The van der Waals surface area contributed by atoms with Gasteiger partial charge in [0.15, 0.2) is 23.1 Å². The van der Waals surface area contributed by atoms with Crippen LogP contribution in [-0.2, 0) is 44.7 Å². The number of fused-ring (bicyclic) bond motifs is 3. The Kier molecular flexibility index (Phi) is 3.50. The van der Waals surface area contributed by atoms with Crippen LogP contribution in [-0.4, -0.2) is 54.0 Å².